The van der Waals surface area contributed by atoms with Gasteiger partial charge in [0.05, 0.1) is 0 Å². The van der Waals surface area contributed by atoms with Crippen LogP contribution in [0.25, 0.3) is 0 Å². The van der Waals surface area contributed by atoms with Crippen LogP contribution in [-0.4, -0.2) is 11.3 Å². The second kappa shape index (κ2) is 3.51. The fourth-order valence-corrected chi connectivity index (χ4v) is 4.57. The smallest absolute Gasteiger partial charge is 0.0339 e. The van der Waals surface area contributed by atoms with Gasteiger partial charge in [0.2, 0.25) is 0 Å². The van der Waals surface area contributed by atoms with Crippen molar-refractivity contribution < 1.29 is 0 Å². The van der Waals surface area contributed by atoms with E-state index in [0.717, 1.165) is 12.0 Å². The Morgan fingerprint density at radius 2 is 1.81 bits per heavy atom. The number of rotatable bonds is 3. The highest BCUT2D eigenvalue weighted by Crippen LogP contribution is 2.69. The molecule has 2 N–H and O–H groups in total. The molecule has 16 heavy (non-hydrogen) atoms. The van der Waals surface area contributed by atoms with Gasteiger partial charge in [-0.3, -0.25) is 0 Å². The standard InChI is InChI=1S/C14H19NS/c1-11-2-4-12(5-3-11)16-14(10-15)8-13(9-14)6-7-13/h2-5H,6-10,15H2,1H3. The van der Waals surface area contributed by atoms with E-state index in [1.54, 1.807) is 0 Å². The minimum atomic E-state index is 0.353. The van der Waals surface area contributed by atoms with Crippen LogP contribution in [-0.2, 0) is 0 Å². The molecule has 0 radical (unpaired) electrons. The van der Waals surface area contributed by atoms with E-state index in [-0.39, 0.29) is 0 Å². The van der Waals surface area contributed by atoms with Gasteiger partial charge in [0.1, 0.15) is 0 Å². The van der Waals surface area contributed by atoms with Crippen LogP contribution >= 0.6 is 11.8 Å². The van der Waals surface area contributed by atoms with Crippen molar-refractivity contribution in [3.05, 3.63) is 29.8 Å². The van der Waals surface area contributed by atoms with E-state index in [0.29, 0.717) is 4.75 Å². The predicted octanol–water partition coefficient (Wildman–Crippen LogP) is 3.36. The first-order chi connectivity index (χ1) is 7.65. The molecule has 2 fully saturated rings. The summed E-state index contributed by atoms with van der Waals surface area (Å²) in [6.07, 6.45) is 5.58. The van der Waals surface area contributed by atoms with Crippen molar-refractivity contribution in [2.45, 2.75) is 42.2 Å². The third kappa shape index (κ3) is 1.78. The molecule has 2 aliphatic carbocycles. The van der Waals surface area contributed by atoms with Gasteiger partial charge in [0.15, 0.2) is 0 Å². The first-order valence-corrected chi connectivity index (χ1v) is 6.93. The van der Waals surface area contributed by atoms with Crippen LogP contribution in [0.1, 0.15) is 31.2 Å². The lowest BCUT2D eigenvalue weighted by Crippen LogP contribution is -2.48. The van der Waals surface area contributed by atoms with E-state index in [1.165, 1.54) is 36.1 Å². The summed E-state index contributed by atoms with van der Waals surface area (Å²) in [6, 6.07) is 8.85. The molecule has 2 saturated carbocycles. The number of thioether (sulfide) groups is 1. The lowest BCUT2D eigenvalue weighted by atomic mass is 9.71. The summed E-state index contributed by atoms with van der Waals surface area (Å²) in [4.78, 5) is 1.38. The number of nitrogens with two attached hydrogens (primary N) is 1. The van der Waals surface area contributed by atoms with E-state index < -0.39 is 0 Å². The minimum absolute atomic E-state index is 0.353. The highest BCUT2D eigenvalue weighted by atomic mass is 32.2. The summed E-state index contributed by atoms with van der Waals surface area (Å²) >= 11 is 2.00. The van der Waals surface area contributed by atoms with E-state index >= 15 is 0 Å². The molecule has 0 atom stereocenters. The molecule has 0 heterocycles. The molecule has 2 heteroatoms. The molecule has 0 aliphatic heterocycles. The highest BCUT2D eigenvalue weighted by Gasteiger charge is 2.60. The Labute approximate surface area is 102 Å². The van der Waals surface area contributed by atoms with Gasteiger partial charge in [-0.25, -0.2) is 0 Å². The molecule has 2 aliphatic rings. The molecule has 1 nitrogen and oxygen atoms in total. The summed E-state index contributed by atoms with van der Waals surface area (Å²) in [5.41, 5.74) is 8.04. The van der Waals surface area contributed by atoms with Crippen LogP contribution in [0, 0.1) is 12.3 Å². The van der Waals surface area contributed by atoms with E-state index in [9.17, 15) is 0 Å². The van der Waals surface area contributed by atoms with Crippen molar-refractivity contribution in [1.29, 1.82) is 0 Å². The third-order valence-electron chi connectivity index (χ3n) is 4.08. The van der Waals surface area contributed by atoms with Crippen molar-refractivity contribution in [2.75, 3.05) is 6.54 Å². The maximum Gasteiger partial charge on any atom is 0.0339 e. The van der Waals surface area contributed by atoms with Gasteiger partial charge >= 0.3 is 0 Å². The summed E-state index contributed by atoms with van der Waals surface area (Å²) in [5, 5.41) is 0. The lowest BCUT2D eigenvalue weighted by Gasteiger charge is -2.47. The molecule has 0 aromatic heterocycles. The zero-order valence-electron chi connectivity index (χ0n) is 9.83. The van der Waals surface area contributed by atoms with Crippen molar-refractivity contribution in [3.8, 4) is 0 Å². The normalized spacial score (nSPS) is 24.1. The van der Waals surface area contributed by atoms with Gasteiger partial charge in [-0.15, -0.1) is 11.8 Å². The summed E-state index contributed by atoms with van der Waals surface area (Å²) < 4.78 is 0.353. The maximum absolute atomic E-state index is 5.97. The van der Waals surface area contributed by atoms with Crippen molar-refractivity contribution in [3.63, 3.8) is 0 Å². The SMILES string of the molecule is Cc1ccc(SC2(CN)CC3(CC3)C2)cc1. The van der Waals surface area contributed by atoms with Crippen LogP contribution in [0.4, 0.5) is 0 Å². The molecule has 3 rings (SSSR count). The first kappa shape index (κ1) is 10.7. The molecular formula is C14H19NS. The molecule has 0 bridgehead atoms. The molecule has 0 amide bonds. The Morgan fingerprint density at radius 3 is 2.31 bits per heavy atom. The van der Waals surface area contributed by atoms with Gasteiger partial charge in [0.25, 0.3) is 0 Å². The number of hydrogen-bond acceptors (Lipinski definition) is 2. The number of benzene rings is 1. The predicted molar refractivity (Wildman–Crippen MR) is 69.7 cm³/mol. The average Bonchev–Trinajstić information content (AvgIpc) is 3.00. The molecule has 1 aromatic rings. The average molecular weight is 233 g/mol. The molecule has 86 valence electrons. The minimum Gasteiger partial charge on any atom is -0.329 e. The molecular weight excluding hydrogens is 214 g/mol. The maximum atomic E-state index is 5.97. The van der Waals surface area contributed by atoms with Gasteiger partial charge in [-0.05, 0) is 50.2 Å². The summed E-state index contributed by atoms with van der Waals surface area (Å²) in [6.45, 7) is 2.96. The molecule has 0 unspecified atom stereocenters. The monoisotopic (exact) mass is 233 g/mol. The second-order valence-corrected chi connectivity index (χ2v) is 7.20. The van der Waals surface area contributed by atoms with Crippen LogP contribution < -0.4 is 5.73 Å². The summed E-state index contributed by atoms with van der Waals surface area (Å²) in [5.74, 6) is 0. The summed E-state index contributed by atoms with van der Waals surface area (Å²) in [7, 11) is 0. The van der Waals surface area contributed by atoms with E-state index in [2.05, 4.69) is 31.2 Å². The van der Waals surface area contributed by atoms with Crippen LogP contribution in [0.5, 0.6) is 0 Å². The Hall–Kier alpha value is -0.470. The van der Waals surface area contributed by atoms with Gasteiger partial charge in [-0.2, -0.15) is 0 Å². The zero-order valence-corrected chi connectivity index (χ0v) is 10.6. The number of aryl methyl sites for hydroxylation is 1. The number of hydrogen-bond donors (Lipinski definition) is 1. The quantitative estimate of drug-likeness (QED) is 0.866. The van der Waals surface area contributed by atoms with E-state index in [1.807, 2.05) is 11.8 Å². The Balaban J connectivity index is 1.71. The van der Waals surface area contributed by atoms with Crippen LogP contribution in [0.15, 0.2) is 29.2 Å². The fraction of sp³-hybridized carbons (Fsp3) is 0.571. The Morgan fingerprint density at radius 1 is 1.19 bits per heavy atom. The van der Waals surface area contributed by atoms with Gasteiger partial charge in [-0.1, -0.05) is 17.7 Å². The molecule has 0 saturated heterocycles. The van der Waals surface area contributed by atoms with Crippen molar-refractivity contribution >= 4 is 11.8 Å². The topological polar surface area (TPSA) is 26.0 Å². The molecule has 1 spiro atoms. The Kier molecular flexibility index (Phi) is 2.34. The van der Waals surface area contributed by atoms with Crippen LogP contribution in [0.3, 0.4) is 0 Å². The van der Waals surface area contributed by atoms with Gasteiger partial charge < -0.3 is 5.73 Å². The molecule has 1 aromatic carbocycles. The van der Waals surface area contributed by atoms with E-state index in [4.69, 9.17) is 5.73 Å². The van der Waals surface area contributed by atoms with Crippen molar-refractivity contribution in [1.82, 2.24) is 0 Å². The zero-order chi connectivity index (χ0) is 11.2. The Bertz CT molecular complexity index is 384. The third-order valence-corrected chi connectivity index (χ3v) is 5.48. The largest absolute Gasteiger partial charge is 0.329 e. The fourth-order valence-electron chi connectivity index (χ4n) is 2.96. The second-order valence-electron chi connectivity index (χ2n) is 5.66. The van der Waals surface area contributed by atoms with Gasteiger partial charge in [0, 0.05) is 16.2 Å². The highest BCUT2D eigenvalue weighted by molar-refractivity contribution is 8.00. The lowest BCUT2D eigenvalue weighted by molar-refractivity contribution is 0.210. The van der Waals surface area contributed by atoms with Crippen molar-refractivity contribution in [2.24, 2.45) is 11.1 Å². The van der Waals surface area contributed by atoms with Crippen LogP contribution in [0.2, 0.25) is 0 Å². The first-order valence-electron chi connectivity index (χ1n) is 6.11.